The van der Waals surface area contributed by atoms with Crippen LogP contribution in [-0.2, 0) is 6.42 Å². The van der Waals surface area contributed by atoms with Crippen molar-refractivity contribution in [1.82, 2.24) is 20.4 Å². The Morgan fingerprint density at radius 1 is 1.53 bits per heavy atom. The molecule has 0 amide bonds. The lowest BCUT2D eigenvalue weighted by molar-refractivity contribution is 0.194. The SMILES string of the molecule is CCN1CCCC(c2nc(CCNC)no2)C1. The maximum Gasteiger partial charge on any atom is 0.231 e. The second kappa shape index (κ2) is 6.12. The van der Waals surface area contributed by atoms with Crippen LogP contribution in [0.2, 0.25) is 0 Å². The minimum absolute atomic E-state index is 0.430. The Hall–Kier alpha value is -0.940. The van der Waals surface area contributed by atoms with Crippen LogP contribution in [0.3, 0.4) is 0 Å². The minimum Gasteiger partial charge on any atom is -0.339 e. The number of rotatable bonds is 5. The number of nitrogens with zero attached hydrogens (tertiary/aromatic N) is 3. The predicted molar refractivity (Wildman–Crippen MR) is 66.0 cm³/mol. The summed E-state index contributed by atoms with van der Waals surface area (Å²) in [5.41, 5.74) is 0. The molecule has 1 fully saturated rings. The van der Waals surface area contributed by atoms with Crippen LogP contribution in [0.4, 0.5) is 0 Å². The van der Waals surface area contributed by atoms with Gasteiger partial charge in [-0.2, -0.15) is 4.98 Å². The summed E-state index contributed by atoms with van der Waals surface area (Å²) < 4.78 is 5.38. The average Bonchev–Trinajstić information content (AvgIpc) is 2.85. The van der Waals surface area contributed by atoms with Gasteiger partial charge in [0.2, 0.25) is 5.89 Å². The fourth-order valence-electron chi connectivity index (χ4n) is 2.32. The molecule has 2 heterocycles. The van der Waals surface area contributed by atoms with E-state index in [1.54, 1.807) is 0 Å². The van der Waals surface area contributed by atoms with E-state index in [0.717, 1.165) is 37.8 Å². The number of nitrogens with one attached hydrogen (secondary N) is 1. The molecule has 1 unspecified atom stereocenters. The van der Waals surface area contributed by atoms with Crippen LogP contribution in [0.25, 0.3) is 0 Å². The van der Waals surface area contributed by atoms with Crippen molar-refractivity contribution in [2.45, 2.75) is 32.1 Å². The van der Waals surface area contributed by atoms with Gasteiger partial charge in [-0.3, -0.25) is 0 Å². The molecule has 1 N–H and O–H groups in total. The molecule has 2 rings (SSSR count). The Balaban J connectivity index is 1.94. The summed E-state index contributed by atoms with van der Waals surface area (Å²) in [5, 5.41) is 7.13. The van der Waals surface area contributed by atoms with Crippen LogP contribution >= 0.6 is 0 Å². The van der Waals surface area contributed by atoms with Gasteiger partial charge >= 0.3 is 0 Å². The highest BCUT2D eigenvalue weighted by Gasteiger charge is 2.24. The van der Waals surface area contributed by atoms with Gasteiger partial charge in [0.1, 0.15) is 0 Å². The van der Waals surface area contributed by atoms with E-state index in [9.17, 15) is 0 Å². The third kappa shape index (κ3) is 3.26. The summed E-state index contributed by atoms with van der Waals surface area (Å²) >= 11 is 0. The van der Waals surface area contributed by atoms with Crippen LogP contribution in [0.1, 0.15) is 37.4 Å². The molecule has 0 aromatic carbocycles. The van der Waals surface area contributed by atoms with Crippen LogP contribution in [0.15, 0.2) is 4.52 Å². The van der Waals surface area contributed by atoms with Crippen molar-refractivity contribution in [2.24, 2.45) is 0 Å². The second-order valence-corrected chi connectivity index (χ2v) is 4.63. The van der Waals surface area contributed by atoms with Gasteiger partial charge < -0.3 is 14.7 Å². The third-order valence-corrected chi connectivity index (χ3v) is 3.38. The molecule has 1 aliphatic heterocycles. The molecule has 17 heavy (non-hydrogen) atoms. The van der Waals surface area contributed by atoms with E-state index in [2.05, 4.69) is 27.3 Å². The molecule has 1 atom stereocenters. The predicted octanol–water partition coefficient (Wildman–Crippen LogP) is 1.03. The molecule has 1 aromatic heterocycles. The van der Waals surface area contributed by atoms with E-state index in [-0.39, 0.29) is 0 Å². The van der Waals surface area contributed by atoms with E-state index in [4.69, 9.17) is 4.52 Å². The highest BCUT2D eigenvalue weighted by Crippen LogP contribution is 2.25. The van der Waals surface area contributed by atoms with Crippen LogP contribution < -0.4 is 5.32 Å². The Morgan fingerprint density at radius 2 is 2.41 bits per heavy atom. The van der Waals surface area contributed by atoms with Gasteiger partial charge in [0.15, 0.2) is 5.82 Å². The smallest absolute Gasteiger partial charge is 0.231 e. The minimum atomic E-state index is 0.430. The largest absolute Gasteiger partial charge is 0.339 e. The van der Waals surface area contributed by atoms with E-state index < -0.39 is 0 Å². The average molecular weight is 238 g/mol. The summed E-state index contributed by atoms with van der Waals surface area (Å²) in [5.74, 6) is 2.08. The molecule has 0 bridgehead atoms. The molecule has 1 aliphatic rings. The van der Waals surface area contributed by atoms with Crippen molar-refractivity contribution in [2.75, 3.05) is 33.2 Å². The maximum atomic E-state index is 5.38. The lowest BCUT2D eigenvalue weighted by Gasteiger charge is -2.29. The molecular formula is C12H22N4O. The first-order valence-corrected chi connectivity index (χ1v) is 6.53. The number of aromatic nitrogens is 2. The summed E-state index contributed by atoms with van der Waals surface area (Å²) in [4.78, 5) is 6.95. The van der Waals surface area contributed by atoms with Crippen molar-refractivity contribution < 1.29 is 4.52 Å². The number of likely N-dealkylation sites (N-methyl/N-ethyl adjacent to an activating group) is 2. The van der Waals surface area contributed by atoms with Gasteiger partial charge in [-0.1, -0.05) is 12.1 Å². The summed E-state index contributed by atoms with van der Waals surface area (Å²) in [6.45, 7) is 6.47. The number of likely N-dealkylation sites (tertiary alicyclic amines) is 1. The lowest BCUT2D eigenvalue weighted by atomic mass is 9.98. The van der Waals surface area contributed by atoms with Gasteiger partial charge in [0.05, 0.1) is 5.92 Å². The van der Waals surface area contributed by atoms with Crippen LogP contribution in [0.5, 0.6) is 0 Å². The van der Waals surface area contributed by atoms with Gasteiger partial charge in [0, 0.05) is 19.5 Å². The number of piperidine rings is 1. The zero-order valence-corrected chi connectivity index (χ0v) is 10.8. The first kappa shape index (κ1) is 12.5. The van der Waals surface area contributed by atoms with Gasteiger partial charge in [0.25, 0.3) is 0 Å². The van der Waals surface area contributed by atoms with Crippen molar-refractivity contribution in [3.63, 3.8) is 0 Å². The first-order valence-electron chi connectivity index (χ1n) is 6.53. The standard InChI is InChI=1S/C12H22N4O/c1-3-16-8-4-5-10(9-16)12-14-11(15-17-12)6-7-13-2/h10,13H,3-9H2,1-2H3. The lowest BCUT2D eigenvalue weighted by Crippen LogP contribution is -2.34. The summed E-state index contributed by atoms with van der Waals surface area (Å²) in [7, 11) is 1.93. The zero-order valence-electron chi connectivity index (χ0n) is 10.8. The number of hydrogen-bond donors (Lipinski definition) is 1. The molecule has 0 radical (unpaired) electrons. The van der Waals surface area contributed by atoms with Crippen molar-refractivity contribution in [3.8, 4) is 0 Å². The Kier molecular flexibility index (Phi) is 4.50. The van der Waals surface area contributed by atoms with E-state index in [0.29, 0.717) is 5.92 Å². The molecule has 0 aliphatic carbocycles. The second-order valence-electron chi connectivity index (χ2n) is 4.63. The van der Waals surface area contributed by atoms with Crippen molar-refractivity contribution in [1.29, 1.82) is 0 Å². The fourth-order valence-corrected chi connectivity index (χ4v) is 2.32. The Labute approximate surface area is 103 Å². The van der Waals surface area contributed by atoms with Gasteiger partial charge in [-0.05, 0) is 33.0 Å². The molecule has 0 saturated carbocycles. The third-order valence-electron chi connectivity index (χ3n) is 3.38. The highest BCUT2D eigenvalue weighted by molar-refractivity contribution is 4.97. The topological polar surface area (TPSA) is 54.2 Å². The van der Waals surface area contributed by atoms with Crippen molar-refractivity contribution in [3.05, 3.63) is 11.7 Å². The first-order chi connectivity index (χ1) is 8.33. The molecule has 1 aromatic rings. The highest BCUT2D eigenvalue weighted by atomic mass is 16.5. The molecular weight excluding hydrogens is 216 g/mol. The van der Waals surface area contributed by atoms with Crippen LogP contribution in [-0.4, -0.2) is 48.3 Å². The van der Waals surface area contributed by atoms with Crippen LogP contribution in [0, 0.1) is 0 Å². The van der Waals surface area contributed by atoms with Gasteiger partial charge in [-0.25, -0.2) is 0 Å². The number of hydrogen-bond acceptors (Lipinski definition) is 5. The maximum absolute atomic E-state index is 5.38. The monoisotopic (exact) mass is 238 g/mol. The van der Waals surface area contributed by atoms with E-state index in [1.807, 2.05) is 7.05 Å². The molecule has 5 heteroatoms. The molecule has 96 valence electrons. The Bertz CT molecular complexity index is 339. The molecule has 0 spiro atoms. The van der Waals surface area contributed by atoms with Gasteiger partial charge in [-0.15, -0.1) is 0 Å². The summed E-state index contributed by atoms with van der Waals surface area (Å²) in [6, 6.07) is 0. The fraction of sp³-hybridized carbons (Fsp3) is 0.833. The normalized spacial score (nSPS) is 21.9. The van der Waals surface area contributed by atoms with E-state index in [1.165, 1.54) is 19.4 Å². The zero-order chi connectivity index (χ0) is 12.1. The molecule has 1 saturated heterocycles. The molecule has 5 nitrogen and oxygen atoms in total. The quantitative estimate of drug-likeness (QED) is 0.830. The van der Waals surface area contributed by atoms with Crippen molar-refractivity contribution >= 4 is 0 Å². The summed E-state index contributed by atoms with van der Waals surface area (Å²) in [6.07, 6.45) is 3.24. The van der Waals surface area contributed by atoms with E-state index >= 15 is 0 Å². The Morgan fingerprint density at radius 3 is 3.18 bits per heavy atom.